The second-order valence-electron chi connectivity index (χ2n) is 7.52. The second-order valence-corrected chi connectivity index (χ2v) is 7.52. The van der Waals surface area contributed by atoms with E-state index in [0.29, 0.717) is 28.7 Å². The maximum atomic E-state index is 12.7. The molecule has 1 fully saturated rings. The van der Waals surface area contributed by atoms with E-state index < -0.39 is 30.4 Å². The zero-order valence-electron chi connectivity index (χ0n) is 17.5. The Morgan fingerprint density at radius 1 is 0.970 bits per heavy atom. The number of benzene rings is 2. The zero-order valence-corrected chi connectivity index (χ0v) is 17.5. The van der Waals surface area contributed by atoms with Crippen molar-refractivity contribution in [2.24, 2.45) is 0 Å². The van der Waals surface area contributed by atoms with E-state index >= 15 is 0 Å². The lowest BCUT2D eigenvalue weighted by Crippen LogP contribution is -2.32. The number of carbonyl (C=O) groups is 2. The van der Waals surface area contributed by atoms with Gasteiger partial charge >= 0.3 is 11.9 Å². The van der Waals surface area contributed by atoms with Crippen LogP contribution < -0.4 is 0 Å². The summed E-state index contributed by atoms with van der Waals surface area (Å²) >= 11 is 0. The van der Waals surface area contributed by atoms with E-state index in [4.69, 9.17) is 14.2 Å². The molecule has 0 radical (unpaired) electrons. The largest absolute Gasteiger partial charge is 0.459 e. The van der Waals surface area contributed by atoms with E-state index in [1.165, 1.54) is 6.33 Å². The first-order valence-corrected chi connectivity index (χ1v) is 10.5. The molecule has 9 heteroatoms. The highest BCUT2D eigenvalue weighted by molar-refractivity contribution is 5.90. The first-order chi connectivity index (χ1) is 16.2. The Labute approximate surface area is 189 Å². The predicted octanol–water partition coefficient (Wildman–Crippen LogP) is 3.20. The van der Waals surface area contributed by atoms with Crippen molar-refractivity contribution >= 4 is 23.1 Å². The van der Waals surface area contributed by atoms with Crippen LogP contribution in [0.5, 0.6) is 0 Å². The number of aromatic nitrogens is 4. The predicted molar refractivity (Wildman–Crippen MR) is 116 cm³/mol. The number of fused-ring (bicyclic) bond motifs is 1. The number of esters is 2. The number of ether oxygens (including phenoxy) is 3. The van der Waals surface area contributed by atoms with Gasteiger partial charge in [-0.1, -0.05) is 36.4 Å². The number of imidazole rings is 1. The Hall–Kier alpha value is -4.11. The van der Waals surface area contributed by atoms with Gasteiger partial charge in [-0.2, -0.15) is 0 Å². The molecule has 1 aliphatic heterocycles. The minimum atomic E-state index is -0.658. The Morgan fingerprint density at radius 3 is 2.39 bits per heavy atom. The Balaban J connectivity index is 1.35. The summed E-state index contributed by atoms with van der Waals surface area (Å²) in [6.07, 6.45) is 3.21. The lowest BCUT2D eigenvalue weighted by molar-refractivity contribution is -0.0563. The summed E-state index contributed by atoms with van der Waals surface area (Å²) in [6, 6.07) is 17.4. The van der Waals surface area contributed by atoms with Crippen LogP contribution in [0.2, 0.25) is 0 Å². The molecule has 33 heavy (non-hydrogen) atoms. The van der Waals surface area contributed by atoms with Crippen LogP contribution in [0.15, 0.2) is 79.5 Å². The molecule has 0 aliphatic carbocycles. The van der Waals surface area contributed by atoms with Crippen molar-refractivity contribution in [1.29, 1.82) is 0 Å². The molecule has 3 heterocycles. The molecule has 1 aliphatic rings. The highest BCUT2D eigenvalue weighted by Gasteiger charge is 2.40. The van der Waals surface area contributed by atoms with Crippen molar-refractivity contribution in [1.82, 2.24) is 19.5 Å². The van der Waals surface area contributed by atoms with Crippen molar-refractivity contribution in [3.63, 3.8) is 0 Å². The standard InChI is InChI=1S/C24H20N4O5/c29-23(16-7-3-1-4-8-16)31-13-20-19(33-24(30)17-9-5-2-6-10-17)11-21(32-20)28-15-27-18-12-25-14-26-22(18)28/h1-10,12,14-15,19-21H,11,13H2/t19-,20+,21-/m0/s1. The van der Waals surface area contributed by atoms with Gasteiger partial charge in [0.1, 0.15) is 36.9 Å². The summed E-state index contributed by atoms with van der Waals surface area (Å²) in [7, 11) is 0. The van der Waals surface area contributed by atoms with Gasteiger partial charge in [0.25, 0.3) is 0 Å². The maximum absolute atomic E-state index is 12.7. The molecule has 0 bridgehead atoms. The Bertz CT molecular complexity index is 1260. The lowest BCUT2D eigenvalue weighted by atomic mass is 10.1. The summed E-state index contributed by atoms with van der Waals surface area (Å²) in [5.41, 5.74) is 2.09. The fraction of sp³-hybridized carbons (Fsp3) is 0.208. The minimum Gasteiger partial charge on any atom is -0.459 e. The van der Waals surface area contributed by atoms with E-state index in [0.717, 1.165) is 0 Å². The molecule has 3 atom stereocenters. The van der Waals surface area contributed by atoms with Crippen LogP contribution in [0.4, 0.5) is 0 Å². The smallest absolute Gasteiger partial charge is 0.338 e. The van der Waals surface area contributed by atoms with Crippen LogP contribution in [-0.4, -0.2) is 50.3 Å². The average Bonchev–Trinajstić information content (AvgIpc) is 3.47. The van der Waals surface area contributed by atoms with E-state index in [9.17, 15) is 9.59 Å². The SMILES string of the molecule is O=C(OC[C@H]1O[C@H](n2cnc3cncnc32)C[C@@H]1OC(=O)c1ccccc1)c1ccccc1. The molecule has 9 nitrogen and oxygen atoms in total. The second kappa shape index (κ2) is 9.17. The van der Waals surface area contributed by atoms with Crippen molar-refractivity contribution in [3.05, 3.63) is 90.6 Å². The summed E-state index contributed by atoms with van der Waals surface area (Å²) in [5, 5.41) is 0. The highest BCUT2D eigenvalue weighted by atomic mass is 16.6. The highest BCUT2D eigenvalue weighted by Crippen LogP contribution is 2.33. The van der Waals surface area contributed by atoms with E-state index in [1.807, 2.05) is 12.1 Å². The van der Waals surface area contributed by atoms with Crippen LogP contribution in [-0.2, 0) is 14.2 Å². The van der Waals surface area contributed by atoms with Gasteiger partial charge in [-0.3, -0.25) is 4.57 Å². The number of hydrogen-bond acceptors (Lipinski definition) is 8. The van der Waals surface area contributed by atoms with E-state index in [2.05, 4.69) is 15.0 Å². The average molecular weight is 444 g/mol. The molecule has 1 saturated heterocycles. The van der Waals surface area contributed by atoms with Gasteiger partial charge in [-0.05, 0) is 24.3 Å². The molecule has 2 aromatic carbocycles. The van der Waals surface area contributed by atoms with Crippen LogP contribution in [0, 0.1) is 0 Å². The maximum Gasteiger partial charge on any atom is 0.338 e. The molecule has 0 N–H and O–H groups in total. The Kier molecular flexibility index (Phi) is 5.77. The molecule has 5 rings (SSSR count). The monoisotopic (exact) mass is 444 g/mol. The molecule has 0 unspecified atom stereocenters. The molecule has 0 amide bonds. The zero-order chi connectivity index (χ0) is 22.6. The van der Waals surface area contributed by atoms with Crippen molar-refractivity contribution < 1.29 is 23.8 Å². The fourth-order valence-corrected chi connectivity index (χ4v) is 3.74. The number of hydrogen-bond donors (Lipinski definition) is 0. The molecule has 4 aromatic rings. The first kappa shape index (κ1) is 20.8. The van der Waals surface area contributed by atoms with E-state index in [1.54, 1.807) is 65.6 Å². The quantitative estimate of drug-likeness (QED) is 0.418. The summed E-state index contributed by atoms with van der Waals surface area (Å²) in [5.74, 6) is -0.946. The van der Waals surface area contributed by atoms with Gasteiger partial charge in [0.2, 0.25) is 0 Å². The molecule has 2 aromatic heterocycles. The van der Waals surface area contributed by atoms with Crippen LogP contribution >= 0.6 is 0 Å². The summed E-state index contributed by atoms with van der Waals surface area (Å²) < 4.78 is 19.2. The van der Waals surface area contributed by atoms with Crippen molar-refractivity contribution in [3.8, 4) is 0 Å². The van der Waals surface area contributed by atoms with Gasteiger partial charge in [0.15, 0.2) is 5.65 Å². The van der Waals surface area contributed by atoms with Crippen molar-refractivity contribution in [2.45, 2.75) is 24.9 Å². The van der Waals surface area contributed by atoms with Crippen LogP contribution in [0.3, 0.4) is 0 Å². The lowest BCUT2D eigenvalue weighted by Gasteiger charge is -2.19. The van der Waals surface area contributed by atoms with Crippen molar-refractivity contribution in [2.75, 3.05) is 6.61 Å². The van der Waals surface area contributed by atoms with Gasteiger partial charge in [0.05, 0.1) is 23.7 Å². The normalized spacial score (nSPS) is 19.9. The van der Waals surface area contributed by atoms with Gasteiger partial charge < -0.3 is 14.2 Å². The van der Waals surface area contributed by atoms with E-state index in [-0.39, 0.29) is 6.61 Å². The van der Waals surface area contributed by atoms with Gasteiger partial charge in [-0.15, -0.1) is 0 Å². The Morgan fingerprint density at radius 2 is 1.67 bits per heavy atom. The minimum absolute atomic E-state index is 0.0709. The molecule has 0 saturated carbocycles. The fourth-order valence-electron chi connectivity index (χ4n) is 3.74. The molecule has 0 spiro atoms. The van der Waals surface area contributed by atoms with Crippen LogP contribution in [0.25, 0.3) is 11.2 Å². The first-order valence-electron chi connectivity index (χ1n) is 10.5. The number of rotatable bonds is 6. The molecular weight excluding hydrogens is 424 g/mol. The topological polar surface area (TPSA) is 105 Å². The third-order valence-electron chi connectivity index (χ3n) is 5.39. The molecule has 166 valence electrons. The van der Waals surface area contributed by atoms with Crippen LogP contribution in [0.1, 0.15) is 33.4 Å². The van der Waals surface area contributed by atoms with Gasteiger partial charge in [0, 0.05) is 6.42 Å². The third-order valence-corrected chi connectivity index (χ3v) is 5.39. The number of nitrogens with zero attached hydrogens (tertiary/aromatic N) is 4. The summed E-state index contributed by atoms with van der Waals surface area (Å²) in [4.78, 5) is 37.7. The van der Waals surface area contributed by atoms with Gasteiger partial charge in [-0.25, -0.2) is 24.5 Å². The summed E-state index contributed by atoms with van der Waals surface area (Å²) in [6.45, 7) is -0.0709. The number of carbonyl (C=O) groups excluding carboxylic acids is 2. The third kappa shape index (κ3) is 4.44. The molecular formula is C24H20N4O5.